The Kier molecular flexibility index (Phi) is 5.88. The second kappa shape index (κ2) is 8.73. The summed E-state index contributed by atoms with van der Waals surface area (Å²) < 4.78 is 11.4. The summed E-state index contributed by atoms with van der Waals surface area (Å²) in [7, 11) is 1.59. The van der Waals surface area contributed by atoms with Crippen molar-refractivity contribution in [2.24, 2.45) is 0 Å². The number of aromatic amines is 1. The molecule has 8 heteroatoms. The Labute approximate surface area is 183 Å². The van der Waals surface area contributed by atoms with Gasteiger partial charge in [-0.25, -0.2) is 4.98 Å². The van der Waals surface area contributed by atoms with E-state index in [1.54, 1.807) is 31.5 Å². The van der Waals surface area contributed by atoms with Gasteiger partial charge in [-0.05, 0) is 42.8 Å². The van der Waals surface area contributed by atoms with Gasteiger partial charge >= 0.3 is 0 Å². The number of aromatic nitrogens is 4. The number of aryl methyl sites for hydroxylation is 1. The lowest BCUT2D eigenvalue weighted by molar-refractivity contribution is 0.299. The number of hydrogen-bond donors (Lipinski definition) is 1. The maximum Gasteiger partial charge on any atom is 0.157 e. The number of imidazole rings is 1. The molecule has 1 N–H and O–H groups in total. The first-order valence-electron chi connectivity index (χ1n) is 9.13. The molecule has 4 rings (SSSR count). The van der Waals surface area contributed by atoms with Crippen LogP contribution < -0.4 is 9.47 Å². The molecule has 6 nitrogen and oxygen atoms in total. The molecule has 3 heterocycles. The molecular weight excluding hydrogens is 423 g/mol. The van der Waals surface area contributed by atoms with Gasteiger partial charge < -0.3 is 14.5 Å². The second-order valence-electron chi connectivity index (χ2n) is 6.59. The number of halogens is 2. The molecule has 152 valence electrons. The van der Waals surface area contributed by atoms with E-state index in [2.05, 4.69) is 19.9 Å². The quantitative estimate of drug-likeness (QED) is 0.413. The molecule has 0 amide bonds. The van der Waals surface area contributed by atoms with E-state index in [-0.39, 0.29) is 0 Å². The Morgan fingerprint density at radius 1 is 1.00 bits per heavy atom. The number of pyridine rings is 2. The number of benzene rings is 1. The Bertz CT molecular complexity index is 1160. The zero-order valence-corrected chi connectivity index (χ0v) is 17.8. The van der Waals surface area contributed by atoms with Crippen molar-refractivity contribution in [3.63, 3.8) is 0 Å². The lowest BCUT2D eigenvalue weighted by atomic mass is 10.1. The Balaban J connectivity index is 1.58. The summed E-state index contributed by atoms with van der Waals surface area (Å²) in [6.07, 6.45) is 3.37. The van der Waals surface area contributed by atoms with Gasteiger partial charge in [-0.3, -0.25) is 9.97 Å². The lowest BCUT2D eigenvalue weighted by Crippen LogP contribution is -1.99. The highest BCUT2D eigenvalue weighted by molar-refractivity contribution is 6.32. The number of hydrogen-bond acceptors (Lipinski definition) is 5. The first kappa shape index (κ1) is 20.2. The van der Waals surface area contributed by atoms with E-state index >= 15 is 0 Å². The molecule has 0 aliphatic rings. The van der Waals surface area contributed by atoms with Crippen molar-refractivity contribution in [2.75, 3.05) is 7.11 Å². The van der Waals surface area contributed by atoms with Gasteiger partial charge in [-0.2, -0.15) is 0 Å². The first-order valence-corrected chi connectivity index (χ1v) is 9.89. The molecule has 30 heavy (non-hydrogen) atoms. The van der Waals surface area contributed by atoms with Crippen LogP contribution in [-0.4, -0.2) is 27.0 Å². The van der Waals surface area contributed by atoms with Crippen molar-refractivity contribution in [3.8, 4) is 34.3 Å². The van der Waals surface area contributed by atoms with Crippen LogP contribution in [-0.2, 0) is 6.61 Å². The first-order chi connectivity index (χ1) is 14.5. The third kappa shape index (κ3) is 4.40. The van der Waals surface area contributed by atoms with Gasteiger partial charge in [0.25, 0.3) is 0 Å². The van der Waals surface area contributed by atoms with Gasteiger partial charge in [-0.15, -0.1) is 0 Å². The van der Waals surface area contributed by atoms with Crippen LogP contribution in [0.3, 0.4) is 0 Å². The zero-order chi connectivity index (χ0) is 21.1. The van der Waals surface area contributed by atoms with Crippen molar-refractivity contribution in [1.29, 1.82) is 0 Å². The molecule has 1 aromatic carbocycles. The molecule has 0 unspecified atom stereocenters. The molecule has 0 saturated heterocycles. The lowest BCUT2D eigenvalue weighted by Gasteiger charge is -2.11. The Morgan fingerprint density at radius 2 is 1.87 bits per heavy atom. The molecule has 0 atom stereocenters. The molecule has 3 aromatic heterocycles. The van der Waals surface area contributed by atoms with Crippen LogP contribution >= 0.6 is 23.2 Å². The standard InChI is InChI=1S/C22H18Cl2N4O2/c1-13-3-5-15(25-10-13)12-30-16-6-7-17(19(9-16)29-2)20-21(24)28-22(27-20)18-8-4-14(23)11-26-18/h3-11H,12H2,1-2H3,(H,27,28). The Hall–Kier alpha value is -3.09. The summed E-state index contributed by atoms with van der Waals surface area (Å²) in [5.41, 5.74) is 3.89. The van der Waals surface area contributed by atoms with Crippen LogP contribution in [0.25, 0.3) is 22.8 Å². The van der Waals surface area contributed by atoms with Crippen LogP contribution in [0.2, 0.25) is 10.2 Å². The monoisotopic (exact) mass is 440 g/mol. The van der Waals surface area contributed by atoms with Gasteiger partial charge in [0, 0.05) is 24.0 Å². The average molecular weight is 441 g/mol. The van der Waals surface area contributed by atoms with Crippen molar-refractivity contribution in [1.82, 2.24) is 19.9 Å². The molecule has 0 aliphatic carbocycles. The summed E-state index contributed by atoms with van der Waals surface area (Å²) in [4.78, 5) is 16.3. The van der Waals surface area contributed by atoms with Crippen molar-refractivity contribution in [2.45, 2.75) is 13.5 Å². The smallest absolute Gasteiger partial charge is 0.157 e. The minimum absolute atomic E-state index is 0.359. The third-order valence-corrected chi connectivity index (χ3v) is 4.91. The van der Waals surface area contributed by atoms with E-state index in [4.69, 9.17) is 32.7 Å². The van der Waals surface area contributed by atoms with Crippen molar-refractivity contribution in [3.05, 3.63) is 76.3 Å². The minimum atomic E-state index is 0.359. The topological polar surface area (TPSA) is 72.9 Å². The highest BCUT2D eigenvalue weighted by Gasteiger charge is 2.17. The molecule has 0 fully saturated rings. The maximum atomic E-state index is 6.42. The van der Waals surface area contributed by atoms with Gasteiger partial charge in [0.15, 0.2) is 5.82 Å². The van der Waals surface area contributed by atoms with Crippen molar-refractivity contribution < 1.29 is 9.47 Å². The molecule has 0 bridgehead atoms. The van der Waals surface area contributed by atoms with E-state index in [9.17, 15) is 0 Å². The fourth-order valence-electron chi connectivity index (χ4n) is 2.87. The van der Waals surface area contributed by atoms with Crippen LogP contribution in [0.15, 0.2) is 54.9 Å². The SMILES string of the molecule is COc1cc(OCc2ccc(C)cn2)ccc1-c1nc(-c2ccc(Cl)cn2)[nH]c1Cl. The van der Waals surface area contributed by atoms with Crippen LogP contribution in [0.1, 0.15) is 11.3 Å². The largest absolute Gasteiger partial charge is 0.496 e. The third-order valence-electron chi connectivity index (χ3n) is 4.42. The Morgan fingerprint density at radius 3 is 2.57 bits per heavy atom. The van der Waals surface area contributed by atoms with E-state index < -0.39 is 0 Å². The number of H-pyrrole nitrogens is 1. The number of nitrogens with zero attached hydrogens (tertiary/aromatic N) is 3. The zero-order valence-electron chi connectivity index (χ0n) is 16.3. The van der Waals surface area contributed by atoms with E-state index in [0.717, 1.165) is 16.8 Å². The summed E-state index contributed by atoms with van der Waals surface area (Å²) in [6.45, 7) is 2.36. The van der Waals surface area contributed by atoms with Gasteiger partial charge in [0.2, 0.25) is 0 Å². The molecule has 0 saturated carbocycles. The van der Waals surface area contributed by atoms with Gasteiger partial charge in [0.05, 0.1) is 17.8 Å². The normalized spacial score (nSPS) is 10.8. The number of methoxy groups -OCH3 is 1. The molecule has 0 aliphatic heterocycles. The fraction of sp³-hybridized carbons (Fsp3) is 0.136. The summed E-state index contributed by atoms with van der Waals surface area (Å²) in [5, 5.41) is 0.937. The van der Waals surface area contributed by atoms with Gasteiger partial charge in [0.1, 0.15) is 34.6 Å². The fourth-order valence-corrected chi connectivity index (χ4v) is 3.21. The highest BCUT2D eigenvalue weighted by atomic mass is 35.5. The molecular formula is C22H18Cl2N4O2. The summed E-state index contributed by atoms with van der Waals surface area (Å²) in [6, 6.07) is 13.0. The molecule has 0 radical (unpaired) electrons. The maximum absolute atomic E-state index is 6.42. The summed E-state index contributed by atoms with van der Waals surface area (Å²) in [5.74, 6) is 1.79. The predicted octanol–water partition coefficient (Wildman–Crippen LogP) is 5.74. The number of rotatable bonds is 6. The van der Waals surface area contributed by atoms with E-state index in [0.29, 0.717) is 45.5 Å². The highest BCUT2D eigenvalue weighted by Crippen LogP contribution is 2.37. The minimum Gasteiger partial charge on any atom is -0.496 e. The predicted molar refractivity (Wildman–Crippen MR) is 117 cm³/mol. The van der Waals surface area contributed by atoms with Crippen LogP contribution in [0.4, 0.5) is 0 Å². The number of ether oxygens (including phenoxy) is 2. The summed E-state index contributed by atoms with van der Waals surface area (Å²) >= 11 is 12.3. The molecule has 4 aromatic rings. The second-order valence-corrected chi connectivity index (χ2v) is 7.40. The van der Waals surface area contributed by atoms with E-state index in [1.165, 1.54) is 0 Å². The van der Waals surface area contributed by atoms with Crippen LogP contribution in [0, 0.1) is 6.92 Å². The molecule has 0 spiro atoms. The average Bonchev–Trinajstić information content (AvgIpc) is 3.15. The van der Waals surface area contributed by atoms with Gasteiger partial charge in [-0.1, -0.05) is 29.3 Å². The number of nitrogens with one attached hydrogen (secondary N) is 1. The van der Waals surface area contributed by atoms with E-state index in [1.807, 2.05) is 37.4 Å². The van der Waals surface area contributed by atoms with Crippen molar-refractivity contribution >= 4 is 23.2 Å². The van der Waals surface area contributed by atoms with Crippen LogP contribution in [0.5, 0.6) is 11.5 Å².